The van der Waals surface area contributed by atoms with Gasteiger partial charge in [-0.2, -0.15) is 0 Å². The zero-order chi connectivity index (χ0) is 35.1. The first-order valence-corrected chi connectivity index (χ1v) is 18.2. The molecule has 0 saturated carbocycles. The Bertz CT molecular complexity index is 2920. The van der Waals surface area contributed by atoms with Gasteiger partial charge in [0.25, 0.3) is 0 Å². The van der Waals surface area contributed by atoms with Crippen LogP contribution in [0.3, 0.4) is 0 Å². The number of furan rings is 1. The smallest absolute Gasteiger partial charge is 0.160 e. The van der Waals surface area contributed by atoms with Crippen molar-refractivity contribution in [3.05, 3.63) is 199 Å². The summed E-state index contributed by atoms with van der Waals surface area (Å²) in [6.45, 7) is 0. The topological polar surface area (TPSA) is 37.9 Å². The lowest BCUT2D eigenvalue weighted by atomic mass is 9.93. The summed E-state index contributed by atoms with van der Waals surface area (Å²) in [5.74, 6) is 0.683. The van der Waals surface area contributed by atoms with Crippen molar-refractivity contribution in [1.82, 2.24) is 0 Å². The fourth-order valence-electron chi connectivity index (χ4n) is 7.77. The number of hydrogen-bond donors (Lipinski definition) is 0. The molecule has 53 heavy (non-hydrogen) atoms. The Morgan fingerprint density at radius 1 is 0.434 bits per heavy atom. The molecule has 1 aliphatic heterocycles. The number of allylic oxidation sites excluding steroid dienone is 1. The molecular formula is C50H34N2O. The van der Waals surface area contributed by atoms with Crippen LogP contribution in [0.2, 0.25) is 0 Å². The van der Waals surface area contributed by atoms with E-state index in [1.54, 1.807) is 0 Å². The van der Waals surface area contributed by atoms with Gasteiger partial charge in [-0.3, -0.25) is 0 Å². The largest absolute Gasteiger partial charge is 0.455 e. The van der Waals surface area contributed by atoms with Crippen LogP contribution in [0, 0.1) is 0 Å². The number of rotatable bonds is 5. The summed E-state index contributed by atoms with van der Waals surface area (Å²) < 4.78 is 6.73. The molecule has 0 radical (unpaired) electrons. The van der Waals surface area contributed by atoms with Crippen LogP contribution in [0.15, 0.2) is 196 Å². The molecule has 0 bridgehead atoms. The van der Waals surface area contributed by atoms with Crippen molar-refractivity contribution in [3.63, 3.8) is 0 Å². The molecule has 0 N–H and O–H groups in total. The summed E-state index contributed by atoms with van der Waals surface area (Å²) in [6.07, 6.45) is 3.91. The first-order valence-electron chi connectivity index (χ1n) is 18.2. The predicted molar refractivity (Wildman–Crippen MR) is 223 cm³/mol. The molecule has 1 aliphatic rings. The second-order valence-electron chi connectivity index (χ2n) is 13.6. The summed E-state index contributed by atoms with van der Waals surface area (Å²) >= 11 is 0. The van der Waals surface area contributed by atoms with Gasteiger partial charge < -0.3 is 4.42 Å². The molecule has 0 saturated heterocycles. The van der Waals surface area contributed by atoms with Gasteiger partial charge in [-0.1, -0.05) is 146 Å². The van der Waals surface area contributed by atoms with Crippen LogP contribution in [-0.4, -0.2) is 11.5 Å². The SMILES string of the molecule is C1=C(c2cc3ccccc3cc2-c2ccccc2)/N=C(c2ccc3oc4c(-c5ccccc5)c5ccccc5cc4c3c2)\N=C(\c2ccccc2)CC\1. The Kier molecular flexibility index (Phi) is 7.62. The first kappa shape index (κ1) is 30.9. The van der Waals surface area contributed by atoms with E-state index in [-0.39, 0.29) is 0 Å². The Morgan fingerprint density at radius 3 is 1.79 bits per heavy atom. The maximum atomic E-state index is 6.73. The molecule has 3 nitrogen and oxygen atoms in total. The van der Waals surface area contributed by atoms with Gasteiger partial charge in [-0.15, -0.1) is 0 Å². The van der Waals surface area contributed by atoms with E-state index < -0.39 is 0 Å². The van der Waals surface area contributed by atoms with E-state index in [9.17, 15) is 0 Å². The van der Waals surface area contributed by atoms with Crippen molar-refractivity contribution < 1.29 is 4.42 Å². The van der Waals surface area contributed by atoms with Gasteiger partial charge in [0, 0.05) is 27.5 Å². The molecule has 8 aromatic carbocycles. The number of hydrogen-bond acceptors (Lipinski definition) is 3. The van der Waals surface area contributed by atoms with Crippen molar-refractivity contribution in [1.29, 1.82) is 0 Å². The summed E-state index contributed by atoms with van der Waals surface area (Å²) in [5.41, 5.74) is 11.4. The van der Waals surface area contributed by atoms with Crippen molar-refractivity contribution >= 4 is 60.7 Å². The molecule has 10 rings (SSSR count). The number of amidine groups is 1. The molecule has 3 heteroatoms. The fourth-order valence-corrected chi connectivity index (χ4v) is 7.77. The Hall–Kier alpha value is -6.84. The Balaban J connectivity index is 1.21. The third-order valence-corrected chi connectivity index (χ3v) is 10.3. The van der Waals surface area contributed by atoms with Crippen LogP contribution in [-0.2, 0) is 0 Å². The van der Waals surface area contributed by atoms with Gasteiger partial charge in [-0.25, -0.2) is 9.98 Å². The number of nitrogens with zero attached hydrogens (tertiary/aromatic N) is 2. The molecule has 0 amide bonds. The lowest BCUT2D eigenvalue weighted by molar-refractivity contribution is 0.670. The highest BCUT2D eigenvalue weighted by Gasteiger charge is 2.20. The maximum absolute atomic E-state index is 6.73. The van der Waals surface area contributed by atoms with Gasteiger partial charge in [-0.05, 0) is 93.0 Å². The minimum absolute atomic E-state index is 0.683. The molecule has 9 aromatic rings. The van der Waals surface area contributed by atoms with Gasteiger partial charge in [0.1, 0.15) is 11.2 Å². The molecule has 0 unspecified atom stereocenters. The molecule has 0 spiro atoms. The third kappa shape index (κ3) is 5.64. The van der Waals surface area contributed by atoms with Gasteiger partial charge in [0.15, 0.2) is 5.84 Å². The van der Waals surface area contributed by atoms with E-state index in [4.69, 9.17) is 14.4 Å². The average molecular weight is 679 g/mol. The van der Waals surface area contributed by atoms with Gasteiger partial charge in [0.2, 0.25) is 0 Å². The normalized spacial score (nSPS) is 16.4. The number of fused-ring (bicyclic) bond motifs is 5. The van der Waals surface area contributed by atoms with Crippen LogP contribution in [0.1, 0.15) is 29.5 Å². The lowest BCUT2D eigenvalue weighted by Crippen LogP contribution is -2.09. The van der Waals surface area contributed by atoms with Crippen LogP contribution in [0.5, 0.6) is 0 Å². The van der Waals surface area contributed by atoms with E-state index in [0.29, 0.717) is 5.84 Å². The molecule has 0 aliphatic carbocycles. The Labute approximate surface area is 307 Å². The molecular weight excluding hydrogens is 645 g/mol. The average Bonchev–Trinajstić information content (AvgIpc) is 3.58. The van der Waals surface area contributed by atoms with E-state index in [1.165, 1.54) is 21.5 Å². The van der Waals surface area contributed by atoms with E-state index >= 15 is 0 Å². The minimum Gasteiger partial charge on any atom is -0.455 e. The molecule has 0 atom stereocenters. The highest BCUT2D eigenvalue weighted by atomic mass is 16.3. The summed E-state index contributed by atoms with van der Waals surface area (Å²) in [5, 5.41) is 6.86. The molecule has 250 valence electrons. The quantitative estimate of drug-likeness (QED) is 0.179. The predicted octanol–water partition coefficient (Wildman–Crippen LogP) is 13.3. The second-order valence-corrected chi connectivity index (χ2v) is 13.6. The van der Waals surface area contributed by atoms with Crippen molar-refractivity contribution in [2.75, 3.05) is 0 Å². The maximum Gasteiger partial charge on any atom is 0.160 e. The Morgan fingerprint density at radius 2 is 1.06 bits per heavy atom. The van der Waals surface area contributed by atoms with Crippen molar-refractivity contribution in [3.8, 4) is 22.3 Å². The van der Waals surface area contributed by atoms with Gasteiger partial charge >= 0.3 is 0 Å². The van der Waals surface area contributed by atoms with E-state index in [1.807, 2.05) is 0 Å². The number of benzene rings is 8. The minimum atomic E-state index is 0.683. The standard InChI is InChI=1S/C50H34N2O/c1-4-15-33(16-5-1)41-29-36-21-10-11-22-37(36)30-42(41)46-26-14-25-45(34-17-6-2-7-18-34)51-50(52-46)39-27-28-47-43(32-39)44-31-38-23-12-13-24-40(38)48(49(44)53-47)35-19-8-3-9-20-35/h1-13,15-24,26-32H,14,25H2/b46-26-,51-45+,52-50-. The second kappa shape index (κ2) is 13.0. The third-order valence-electron chi connectivity index (χ3n) is 10.3. The molecule has 1 aromatic heterocycles. The van der Waals surface area contributed by atoms with Crippen LogP contribution >= 0.6 is 0 Å². The number of aliphatic imine (C=N–C) groups is 2. The van der Waals surface area contributed by atoms with Crippen LogP contribution in [0.25, 0.3) is 71.4 Å². The summed E-state index contributed by atoms with van der Waals surface area (Å²) in [4.78, 5) is 10.9. The lowest BCUT2D eigenvalue weighted by Gasteiger charge is -2.16. The highest BCUT2D eigenvalue weighted by molar-refractivity contribution is 6.20. The zero-order valence-corrected chi connectivity index (χ0v) is 29.0. The van der Waals surface area contributed by atoms with Crippen LogP contribution < -0.4 is 0 Å². The van der Waals surface area contributed by atoms with Crippen molar-refractivity contribution in [2.45, 2.75) is 12.8 Å². The van der Waals surface area contributed by atoms with E-state index in [0.717, 1.165) is 85.1 Å². The highest BCUT2D eigenvalue weighted by Crippen LogP contribution is 2.42. The summed E-state index contributed by atoms with van der Waals surface area (Å²) in [6, 6.07) is 62.0. The summed E-state index contributed by atoms with van der Waals surface area (Å²) in [7, 11) is 0. The van der Waals surface area contributed by atoms with Gasteiger partial charge in [0.05, 0.1) is 11.4 Å². The van der Waals surface area contributed by atoms with E-state index in [2.05, 4.69) is 182 Å². The monoisotopic (exact) mass is 678 g/mol. The zero-order valence-electron chi connectivity index (χ0n) is 29.0. The van der Waals surface area contributed by atoms with Crippen molar-refractivity contribution in [2.24, 2.45) is 9.98 Å². The van der Waals surface area contributed by atoms with Crippen LogP contribution in [0.4, 0.5) is 0 Å². The molecule has 2 heterocycles. The first-order chi connectivity index (χ1) is 26.3. The fraction of sp³-hybridized carbons (Fsp3) is 0.0400. The molecule has 0 fully saturated rings.